The van der Waals surface area contributed by atoms with Crippen molar-refractivity contribution in [3.63, 3.8) is 0 Å². The fourth-order valence-corrected chi connectivity index (χ4v) is 2.20. The number of carboxylic acid groups (broad SMARTS) is 1. The van der Waals surface area contributed by atoms with Gasteiger partial charge < -0.3 is 10.0 Å². The zero-order valence-electron chi connectivity index (χ0n) is 10.1. The highest BCUT2D eigenvalue weighted by molar-refractivity contribution is 5.66. The highest BCUT2D eigenvalue weighted by Crippen LogP contribution is 2.33. The van der Waals surface area contributed by atoms with Gasteiger partial charge in [-0.05, 0) is 37.3 Å². The monoisotopic (exact) mass is 213 g/mol. The van der Waals surface area contributed by atoms with Crippen molar-refractivity contribution in [1.29, 1.82) is 0 Å². The average Bonchev–Trinajstić information content (AvgIpc) is 2.51. The van der Waals surface area contributed by atoms with E-state index in [1.807, 2.05) is 0 Å². The number of hydrogen-bond donors (Lipinski definition) is 1. The summed E-state index contributed by atoms with van der Waals surface area (Å²) < 4.78 is 0. The lowest BCUT2D eigenvalue weighted by Gasteiger charge is -2.27. The van der Waals surface area contributed by atoms with Gasteiger partial charge in [-0.2, -0.15) is 0 Å². The first-order chi connectivity index (χ1) is 6.89. The van der Waals surface area contributed by atoms with Crippen LogP contribution in [0.5, 0.6) is 0 Å². The molecule has 15 heavy (non-hydrogen) atoms. The summed E-state index contributed by atoms with van der Waals surface area (Å²) in [6, 6.07) is 0. The van der Waals surface area contributed by atoms with Gasteiger partial charge in [0.2, 0.25) is 0 Å². The lowest BCUT2D eigenvalue weighted by molar-refractivity contribution is -0.137. The Labute approximate surface area is 92.5 Å². The van der Waals surface area contributed by atoms with E-state index in [0.717, 1.165) is 32.0 Å². The molecular formula is C12H23NO2. The van der Waals surface area contributed by atoms with E-state index in [1.165, 1.54) is 6.42 Å². The van der Waals surface area contributed by atoms with E-state index in [4.69, 9.17) is 5.11 Å². The van der Waals surface area contributed by atoms with Crippen LogP contribution in [0.2, 0.25) is 0 Å². The van der Waals surface area contributed by atoms with Gasteiger partial charge in [0.05, 0.1) is 0 Å². The molecule has 0 aromatic carbocycles. The smallest absolute Gasteiger partial charge is 0.303 e. The number of carboxylic acids is 1. The third-order valence-electron chi connectivity index (χ3n) is 3.36. The van der Waals surface area contributed by atoms with Gasteiger partial charge in [-0.1, -0.05) is 20.8 Å². The number of rotatable bonds is 4. The first-order valence-electron chi connectivity index (χ1n) is 5.84. The van der Waals surface area contributed by atoms with Crippen molar-refractivity contribution in [3.8, 4) is 0 Å². The number of nitrogens with zero attached hydrogens (tertiary/aromatic N) is 1. The third kappa shape index (κ3) is 4.20. The number of hydrogen-bond acceptors (Lipinski definition) is 2. The Morgan fingerprint density at radius 3 is 2.60 bits per heavy atom. The lowest BCUT2D eigenvalue weighted by atomic mass is 9.80. The molecule has 1 aliphatic rings. The molecule has 0 saturated carbocycles. The quantitative estimate of drug-likeness (QED) is 0.778. The van der Waals surface area contributed by atoms with E-state index in [-0.39, 0.29) is 0 Å². The van der Waals surface area contributed by atoms with Crippen molar-refractivity contribution in [2.75, 3.05) is 19.6 Å². The largest absolute Gasteiger partial charge is 0.481 e. The summed E-state index contributed by atoms with van der Waals surface area (Å²) in [5.74, 6) is 0.0869. The van der Waals surface area contributed by atoms with E-state index < -0.39 is 5.97 Å². The SMILES string of the molecule is CC(C)(C)C1CCN(CCCC(=O)O)C1. The van der Waals surface area contributed by atoms with Crippen molar-refractivity contribution in [2.45, 2.75) is 40.0 Å². The third-order valence-corrected chi connectivity index (χ3v) is 3.36. The van der Waals surface area contributed by atoms with E-state index in [2.05, 4.69) is 25.7 Å². The maximum absolute atomic E-state index is 10.4. The van der Waals surface area contributed by atoms with Gasteiger partial charge in [0.25, 0.3) is 0 Å². The second-order valence-electron chi connectivity index (χ2n) is 5.65. The molecule has 1 N–H and O–H groups in total. The lowest BCUT2D eigenvalue weighted by Crippen LogP contribution is -2.27. The minimum Gasteiger partial charge on any atom is -0.481 e. The molecule has 0 radical (unpaired) electrons. The van der Waals surface area contributed by atoms with Crippen LogP contribution >= 0.6 is 0 Å². The first kappa shape index (κ1) is 12.5. The molecule has 0 aromatic rings. The Hall–Kier alpha value is -0.570. The fourth-order valence-electron chi connectivity index (χ4n) is 2.20. The molecule has 3 nitrogen and oxygen atoms in total. The molecule has 0 aliphatic carbocycles. The molecule has 1 aliphatic heterocycles. The molecule has 0 aromatic heterocycles. The Morgan fingerprint density at radius 1 is 1.47 bits per heavy atom. The van der Waals surface area contributed by atoms with Gasteiger partial charge in [-0.3, -0.25) is 4.79 Å². The van der Waals surface area contributed by atoms with Crippen LogP contribution in [0.4, 0.5) is 0 Å². The van der Waals surface area contributed by atoms with Gasteiger partial charge in [-0.15, -0.1) is 0 Å². The van der Waals surface area contributed by atoms with E-state index in [9.17, 15) is 4.79 Å². The number of aliphatic carboxylic acids is 1. The predicted octanol–water partition coefficient (Wildman–Crippen LogP) is 2.22. The molecule has 0 spiro atoms. The Bertz CT molecular complexity index is 220. The zero-order valence-corrected chi connectivity index (χ0v) is 10.1. The van der Waals surface area contributed by atoms with Crippen molar-refractivity contribution in [2.24, 2.45) is 11.3 Å². The summed E-state index contributed by atoms with van der Waals surface area (Å²) in [5, 5.41) is 8.55. The van der Waals surface area contributed by atoms with Crippen LogP contribution in [0.3, 0.4) is 0 Å². The Balaban J connectivity index is 2.22. The van der Waals surface area contributed by atoms with Crippen LogP contribution in [-0.4, -0.2) is 35.6 Å². The number of carbonyl (C=O) groups is 1. The van der Waals surface area contributed by atoms with Gasteiger partial charge in [0.15, 0.2) is 0 Å². The highest BCUT2D eigenvalue weighted by Gasteiger charge is 2.31. The first-order valence-corrected chi connectivity index (χ1v) is 5.84. The summed E-state index contributed by atoms with van der Waals surface area (Å²) in [6.07, 6.45) is 2.35. The van der Waals surface area contributed by atoms with E-state index >= 15 is 0 Å². The van der Waals surface area contributed by atoms with Crippen molar-refractivity contribution >= 4 is 5.97 Å². The molecule has 88 valence electrons. The zero-order chi connectivity index (χ0) is 11.5. The van der Waals surface area contributed by atoms with Crippen molar-refractivity contribution in [3.05, 3.63) is 0 Å². The molecule has 1 saturated heterocycles. The molecule has 0 amide bonds. The van der Waals surface area contributed by atoms with E-state index in [1.54, 1.807) is 0 Å². The van der Waals surface area contributed by atoms with Crippen LogP contribution in [0.1, 0.15) is 40.0 Å². The molecule has 3 heteroatoms. The van der Waals surface area contributed by atoms with Crippen LogP contribution in [0.25, 0.3) is 0 Å². The van der Waals surface area contributed by atoms with E-state index in [0.29, 0.717) is 11.8 Å². The normalized spacial score (nSPS) is 23.3. The van der Waals surface area contributed by atoms with Crippen LogP contribution in [-0.2, 0) is 4.79 Å². The molecular weight excluding hydrogens is 190 g/mol. The summed E-state index contributed by atoms with van der Waals surface area (Å²) in [4.78, 5) is 12.8. The Morgan fingerprint density at radius 2 is 2.13 bits per heavy atom. The molecule has 1 heterocycles. The Kier molecular flexibility index (Phi) is 4.14. The maximum Gasteiger partial charge on any atom is 0.303 e. The standard InChI is InChI=1S/C12H23NO2/c1-12(2,3)10-6-8-13(9-10)7-4-5-11(14)15/h10H,4-9H2,1-3H3,(H,14,15). The van der Waals surface area contributed by atoms with Gasteiger partial charge in [0, 0.05) is 13.0 Å². The second kappa shape index (κ2) is 4.97. The second-order valence-corrected chi connectivity index (χ2v) is 5.65. The van der Waals surface area contributed by atoms with Crippen molar-refractivity contribution < 1.29 is 9.90 Å². The minimum absolute atomic E-state index is 0.302. The van der Waals surface area contributed by atoms with Crippen LogP contribution in [0.15, 0.2) is 0 Å². The van der Waals surface area contributed by atoms with Gasteiger partial charge in [0.1, 0.15) is 0 Å². The summed E-state index contributed by atoms with van der Waals surface area (Å²) in [6.45, 7) is 10.1. The average molecular weight is 213 g/mol. The highest BCUT2D eigenvalue weighted by atomic mass is 16.4. The fraction of sp³-hybridized carbons (Fsp3) is 0.917. The summed E-state index contributed by atoms with van der Waals surface area (Å²) in [5.41, 5.74) is 0.390. The molecule has 1 unspecified atom stereocenters. The summed E-state index contributed by atoms with van der Waals surface area (Å²) >= 11 is 0. The van der Waals surface area contributed by atoms with Crippen LogP contribution < -0.4 is 0 Å². The minimum atomic E-state index is -0.679. The molecule has 1 fully saturated rings. The predicted molar refractivity (Wildman–Crippen MR) is 60.9 cm³/mol. The molecule has 1 rings (SSSR count). The van der Waals surface area contributed by atoms with Gasteiger partial charge >= 0.3 is 5.97 Å². The maximum atomic E-state index is 10.4. The number of likely N-dealkylation sites (tertiary alicyclic amines) is 1. The van der Waals surface area contributed by atoms with Crippen LogP contribution in [0, 0.1) is 11.3 Å². The molecule has 0 bridgehead atoms. The summed E-state index contributed by atoms with van der Waals surface area (Å²) in [7, 11) is 0. The van der Waals surface area contributed by atoms with Gasteiger partial charge in [-0.25, -0.2) is 0 Å². The van der Waals surface area contributed by atoms with Crippen molar-refractivity contribution in [1.82, 2.24) is 4.90 Å². The molecule has 1 atom stereocenters. The topological polar surface area (TPSA) is 40.5 Å².